The Labute approximate surface area is 176 Å². The summed E-state index contributed by atoms with van der Waals surface area (Å²) < 4.78 is 5.57. The number of urea groups is 1. The zero-order chi connectivity index (χ0) is 22.0. The number of ketones is 2. The number of benzene rings is 2. The third-order valence-electron chi connectivity index (χ3n) is 4.53. The van der Waals surface area contributed by atoms with Crippen LogP contribution in [0.3, 0.4) is 0 Å². The third kappa shape index (κ3) is 4.04. The second-order valence-electron chi connectivity index (χ2n) is 6.63. The van der Waals surface area contributed by atoms with Crippen molar-refractivity contribution in [3.63, 3.8) is 0 Å². The summed E-state index contributed by atoms with van der Waals surface area (Å²) in [5.74, 6) is -3.02. The smallest absolute Gasteiger partial charge is 0.319 e. The van der Waals surface area contributed by atoms with Gasteiger partial charge in [-0.15, -0.1) is 0 Å². The largest absolute Gasteiger partial charge is 0.481 e. The molecule has 8 nitrogen and oxygen atoms in total. The van der Waals surface area contributed by atoms with Crippen molar-refractivity contribution in [2.45, 2.75) is 6.92 Å². The number of allylic oxidation sites excluding steroid dienone is 2. The van der Waals surface area contributed by atoms with Gasteiger partial charge in [-0.3, -0.25) is 19.3 Å². The topological polar surface area (TPSA) is 127 Å². The molecule has 0 saturated heterocycles. The fourth-order valence-corrected chi connectivity index (χ4v) is 3.13. The van der Waals surface area contributed by atoms with Crippen LogP contribution in [0, 0.1) is 5.92 Å². The van der Waals surface area contributed by atoms with Gasteiger partial charge >= 0.3 is 12.0 Å². The minimum absolute atomic E-state index is 0.119. The number of fused-ring (bicyclic) bond motifs is 1. The number of hydrogen-bond donors (Lipinski definition) is 2. The summed E-state index contributed by atoms with van der Waals surface area (Å²) in [6.07, 6.45) is 0. The molecule has 1 aliphatic carbocycles. The summed E-state index contributed by atoms with van der Waals surface area (Å²) in [5, 5.41) is 8.73. The first kappa shape index (κ1) is 21.1. The summed E-state index contributed by atoms with van der Waals surface area (Å²) >= 11 is 6.08. The second-order valence-corrected chi connectivity index (χ2v) is 7.01. The Balaban J connectivity index is 1.84. The molecule has 0 spiro atoms. The summed E-state index contributed by atoms with van der Waals surface area (Å²) in [7, 11) is 0. The van der Waals surface area contributed by atoms with E-state index in [2.05, 4.69) is 0 Å². The number of halogens is 1. The van der Waals surface area contributed by atoms with Gasteiger partial charge in [0.25, 0.3) is 0 Å². The van der Waals surface area contributed by atoms with Gasteiger partial charge in [0.05, 0.1) is 5.92 Å². The number of nitrogens with zero attached hydrogens (tertiary/aromatic N) is 1. The van der Waals surface area contributed by atoms with Gasteiger partial charge in [0.15, 0.2) is 5.76 Å². The zero-order valence-electron chi connectivity index (χ0n) is 15.8. The van der Waals surface area contributed by atoms with Crippen molar-refractivity contribution < 1.29 is 29.0 Å². The van der Waals surface area contributed by atoms with E-state index in [0.29, 0.717) is 5.69 Å². The molecule has 0 fully saturated rings. The van der Waals surface area contributed by atoms with Crippen LogP contribution in [-0.4, -0.2) is 35.2 Å². The molecule has 0 saturated carbocycles. The van der Waals surface area contributed by atoms with Crippen molar-refractivity contribution in [2.75, 3.05) is 11.4 Å². The van der Waals surface area contributed by atoms with Gasteiger partial charge < -0.3 is 15.6 Å². The molecule has 0 bridgehead atoms. The minimum atomic E-state index is -1.07. The quantitative estimate of drug-likeness (QED) is 0.727. The normalized spacial score (nSPS) is 14.2. The Kier molecular flexibility index (Phi) is 5.89. The Morgan fingerprint density at radius 3 is 2.17 bits per heavy atom. The van der Waals surface area contributed by atoms with E-state index >= 15 is 0 Å². The standard InChI is InChI=1S/C21H17ClN2O6/c1-11(20(27)28)10-24(21(23)29)12-6-8-13(9-7-12)30-19-16(22)17(25)14-4-2-3-5-15(14)18(19)26/h2-9,11H,10H2,1H3,(H2,23,29)(H,27,28). The monoisotopic (exact) mass is 428 g/mol. The molecule has 2 aromatic carbocycles. The van der Waals surface area contributed by atoms with Crippen molar-refractivity contribution in [1.29, 1.82) is 0 Å². The van der Waals surface area contributed by atoms with E-state index in [-0.39, 0.29) is 34.2 Å². The van der Waals surface area contributed by atoms with Gasteiger partial charge in [0.1, 0.15) is 10.8 Å². The number of carbonyl (C=O) groups is 4. The zero-order valence-corrected chi connectivity index (χ0v) is 16.6. The molecule has 3 rings (SSSR count). The minimum Gasteiger partial charge on any atom is -0.481 e. The number of carboxylic acids is 1. The van der Waals surface area contributed by atoms with E-state index in [1.807, 2.05) is 0 Å². The average molecular weight is 429 g/mol. The van der Waals surface area contributed by atoms with E-state index in [4.69, 9.17) is 27.2 Å². The van der Waals surface area contributed by atoms with Gasteiger partial charge in [-0.2, -0.15) is 0 Å². The SMILES string of the molecule is CC(CN(C(N)=O)c1ccc(OC2=C(Cl)C(=O)c3ccccc3C2=O)cc1)C(=O)O. The fourth-order valence-electron chi connectivity index (χ4n) is 2.90. The first-order valence-electron chi connectivity index (χ1n) is 8.86. The number of nitrogens with two attached hydrogens (primary N) is 1. The highest BCUT2D eigenvalue weighted by Gasteiger charge is 2.33. The number of Topliss-reactive ketones (excluding diaryl/α,β-unsaturated/α-hetero) is 2. The maximum absolute atomic E-state index is 12.7. The Morgan fingerprint density at radius 2 is 1.63 bits per heavy atom. The molecular weight excluding hydrogens is 412 g/mol. The van der Waals surface area contributed by atoms with Gasteiger partial charge in [-0.25, -0.2) is 4.79 Å². The molecule has 2 aromatic rings. The number of ether oxygens (including phenoxy) is 1. The molecule has 0 heterocycles. The van der Waals surface area contributed by atoms with Crippen LogP contribution < -0.4 is 15.4 Å². The van der Waals surface area contributed by atoms with Crippen molar-refractivity contribution in [2.24, 2.45) is 11.7 Å². The molecular formula is C21H17ClN2O6. The molecule has 1 atom stereocenters. The van der Waals surface area contributed by atoms with Crippen LogP contribution in [0.2, 0.25) is 0 Å². The maximum atomic E-state index is 12.7. The highest BCUT2D eigenvalue weighted by molar-refractivity contribution is 6.49. The van der Waals surface area contributed by atoms with E-state index in [1.54, 1.807) is 12.1 Å². The first-order chi connectivity index (χ1) is 14.2. The molecule has 0 radical (unpaired) electrons. The molecule has 3 N–H and O–H groups in total. The Bertz CT molecular complexity index is 1080. The van der Waals surface area contributed by atoms with E-state index in [1.165, 1.54) is 43.3 Å². The fraction of sp³-hybridized carbons (Fsp3) is 0.143. The summed E-state index contributed by atoms with van der Waals surface area (Å²) in [6, 6.07) is 11.3. The summed E-state index contributed by atoms with van der Waals surface area (Å²) in [5.41, 5.74) is 6.11. The Hall–Kier alpha value is -3.65. The summed E-state index contributed by atoms with van der Waals surface area (Å²) in [4.78, 5) is 49.0. The molecule has 0 aromatic heterocycles. The van der Waals surface area contributed by atoms with Crippen LogP contribution >= 0.6 is 11.6 Å². The lowest BCUT2D eigenvalue weighted by Gasteiger charge is -2.23. The predicted molar refractivity (Wildman–Crippen MR) is 109 cm³/mol. The van der Waals surface area contributed by atoms with Gasteiger partial charge in [-0.1, -0.05) is 42.8 Å². The van der Waals surface area contributed by atoms with Gasteiger partial charge in [0.2, 0.25) is 11.6 Å². The molecule has 154 valence electrons. The third-order valence-corrected chi connectivity index (χ3v) is 4.88. The van der Waals surface area contributed by atoms with Crippen LogP contribution in [-0.2, 0) is 4.79 Å². The van der Waals surface area contributed by atoms with Crippen molar-refractivity contribution in [3.05, 3.63) is 70.4 Å². The van der Waals surface area contributed by atoms with Crippen LogP contribution in [0.1, 0.15) is 27.6 Å². The summed E-state index contributed by atoms with van der Waals surface area (Å²) in [6.45, 7) is 1.33. The number of aliphatic carboxylic acids is 1. The Morgan fingerprint density at radius 1 is 1.07 bits per heavy atom. The lowest BCUT2D eigenvalue weighted by atomic mass is 9.93. The van der Waals surface area contributed by atoms with E-state index < -0.39 is 29.5 Å². The lowest BCUT2D eigenvalue weighted by Crippen LogP contribution is -2.40. The number of amides is 2. The second kappa shape index (κ2) is 8.38. The molecule has 9 heteroatoms. The van der Waals surface area contributed by atoms with E-state index in [0.717, 1.165) is 4.90 Å². The molecule has 1 aliphatic rings. The van der Waals surface area contributed by atoms with Crippen LogP contribution in [0.4, 0.5) is 10.5 Å². The van der Waals surface area contributed by atoms with Crippen LogP contribution in [0.25, 0.3) is 0 Å². The molecule has 2 amide bonds. The van der Waals surface area contributed by atoms with Crippen molar-refractivity contribution >= 4 is 40.9 Å². The highest BCUT2D eigenvalue weighted by atomic mass is 35.5. The van der Waals surface area contributed by atoms with Crippen LogP contribution in [0.15, 0.2) is 59.3 Å². The maximum Gasteiger partial charge on any atom is 0.319 e. The molecule has 0 aliphatic heterocycles. The molecule has 1 unspecified atom stereocenters. The highest BCUT2D eigenvalue weighted by Crippen LogP contribution is 2.31. The molecule has 30 heavy (non-hydrogen) atoms. The van der Waals surface area contributed by atoms with Crippen LogP contribution in [0.5, 0.6) is 5.75 Å². The average Bonchev–Trinajstić information content (AvgIpc) is 2.73. The number of carboxylic acid groups (broad SMARTS) is 1. The van der Waals surface area contributed by atoms with Gasteiger partial charge in [-0.05, 0) is 24.3 Å². The van der Waals surface area contributed by atoms with Crippen molar-refractivity contribution in [3.8, 4) is 5.75 Å². The number of rotatable bonds is 6. The number of primary amides is 1. The predicted octanol–water partition coefficient (Wildman–Crippen LogP) is 3.20. The lowest BCUT2D eigenvalue weighted by molar-refractivity contribution is -0.140. The van der Waals surface area contributed by atoms with E-state index in [9.17, 15) is 19.2 Å². The number of hydrogen-bond acceptors (Lipinski definition) is 5. The van der Waals surface area contributed by atoms with Gasteiger partial charge in [0, 0.05) is 23.4 Å². The number of carbonyl (C=O) groups excluding carboxylic acids is 3. The first-order valence-corrected chi connectivity index (χ1v) is 9.24. The van der Waals surface area contributed by atoms with Crippen molar-refractivity contribution in [1.82, 2.24) is 0 Å². The number of anilines is 1.